The highest BCUT2D eigenvalue weighted by Gasteiger charge is 2.18. The summed E-state index contributed by atoms with van der Waals surface area (Å²) < 4.78 is 2.79. The van der Waals surface area contributed by atoms with Crippen LogP contribution in [-0.2, 0) is 13.1 Å². The van der Waals surface area contributed by atoms with Gasteiger partial charge in [0, 0.05) is 39.9 Å². The molecule has 0 saturated carbocycles. The number of rotatable bonds is 5. The fourth-order valence-corrected chi connectivity index (χ4v) is 3.91. The number of H-pyrrole nitrogens is 1. The Hall–Kier alpha value is -2.67. The van der Waals surface area contributed by atoms with Gasteiger partial charge in [0.15, 0.2) is 0 Å². The molecule has 0 aliphatic rings. The molecular formula is C22H25BrN4O2. The third kappa shape index (κ3) is 3.92. The van der Waals surface area contributed by atoms with E-state index in [9.17, 15) is 9.59 Å². The average molecular weight is 457 g/mol. The lowest BCUT2D eigenvalue weighted by Crippen LogP contribution is -2.28. The van der Waals surface area contributed by atoms with Crippen molar-refractivity contribution >= 4 is 21.8 Å². The van der Waals surface area contributed by atoms with Gasteiger partial charge in [-0.15, -0.1) is 0 Å². The third-order valence-electron chi connectivity index (χ3n) is 5.27. The highest BCUT2D eigenvalue weighted by molar-refractivity contribution is 9.10. The summed E-state index contributed by atoms with van der Waals surface area (Å²) in [4.78, 5) is 28.0. The Morgan fingerprint density at radius 1 is 1.21 bits per heavy atom. The van der Waals surface area contributed by atoms with Crippen LogP contribution in [0.25, 0.3) is 11.3 Å². The maximum absolute atomic E-state index is 12.9. The number of pyridine rings is 1. The topological polar surface area (TPSA) is 79.8 Å². The van der Waals surface area contributed by atoms with E-state index in [0.717, 1.165) is 44.7 Å². The summed E-state index contributed by atoms with van der Waals surface area (Å²) in [6.07, 6.45) is 1.84. The van der Waals surface area contributed by atoms with E-state index in [0.29, 0.717) is 11.1 Å². The van der Waals surface area contributed by atoms with Crippen LogP contribution in [0.2, 0.25) is 0 Å². The molecule has 0 radical (unpaired) electrons. The number of aryl methyl sites for hydroxylation is 3. The average Bonchev–Trinajstić information content (AvgIpc) is 3.06. The van der Waals surface area contributed by atoms with Gasteiger partial charge < -0.3 is 10.3 Å². The molecule has 2 N–H and O–H groups in total. The van der Waals surface area contributed by atoms with Crippen molar-refractivity contribution in [3.63, 3.8) is 0 Å². The summed E-state index contributed by atoms with van der Waals surface area (Å²) in [5, 5.41) is 7.31. The number of halogens is 1. The quantitative estimate of drug-likeness (QED) is 0.603. The minimum Gasteiger partial charge on any atom is -0.348 e. The molecule has 6 nitrogen and oxygen atoms in total. The first-order valence-electron chi connectivity index (χ1n) is 9.54. The van der Waals surface area contributed by atoms with Crippen LogP contribution >= 0.6 is 15.9 Å². The van der Waals surface area contributed by atoms with Crippen LogP contribution in [0, 0.1) is 27.7 Å². The summed E-state index contributed by atoms with van der Waals surface area (Å²) in [5.41, 5.74) is 6.52. The number of carbonyl (C=O) groups is 1. The van der Waals surface area contributed by atoms with Crippen molar-refractivity contribution < 1.29 is 4.79 Å². The van der Waals surface area contributed by atoms with E-state index in [4.69, 9.17) is 0 Å². The van der Waals surface area contributed by atoms with Gasteiger partial charge in [0.1, 0.15) is 0 Å². The molecule has 0 aliphatic carbocycles. The maximum Gasteiger partial charge on any atom is 0.253 e. The number of nitrogens with one attached hydrogen (secondary N) is 2. The van der Waals surface area contributed by atoms with Crippen LogP contribution in [-0.4, -0.2) is 20.7 Å². The maximum atomic E-state index is 12.9. The highest BCUT2D eigenvalue weighted by atomic mass is 79.9. The van der Waals surface area contributed by atoms with Gasteiger partial charge in [0.2, 0.25) is 0 Å². The van der Waals surface area contributed by atoms with Crippen LogP contribution in [0.5, 0.6) is 0 Å². The molecule has 0 atom stereocenters. The van der Waals surface area contributed by atoms with E-state index in [2.05, 4.69) is 31.3 Å². The SMILES string of the molecule is CCn1ncc(C)c1-c1cccc(C(=O)NCc2c(C)c(Br)c(C)[nH]c2=O)c1C. The van der Waals surface area contributed by atoms with E-state index in [-0.39, 0.29) is 18.0 Å². The van der Waals surface area contributed by atoms with Gasteiger partial charge in [-0.3, -0.25) is 14.3 Å². The van der Waals surface area contributed by atoms with E-state index < -0.39 is 0 Å². The molecule has 0 bridgehead atoms. The molecule has 7 heteroatoms. The van der Waals surface area contributed by atoms with E-state index in [1.165, 1.54) is 0 Å². The number of aromatic amines is 1. The van der Waals surface area contributed by atoms with E-state index in [1.807, 2.05) is 57.6 Å². The van der Waals surface area contributed by atoms with Gasteiger partial charge in [0.05, 0.1) is 11.9 Å². The summed E-state index contributed by atoms with van der Waals surface area (Å²) >= 11 is 3.49. The van der Waals surface area contributed by atoms with Crippen molar-refractivity contribution in [2.24, 2.45) is 0 Å². The van der Waals surface area contributed by atoms with E-state index in [1.54, 1.807) is 6.07 Å². The first kappa shape index (κ1) is 21.0. The number of nitrogens with zero attached hydrogens (tertiary/aromatic N) is 2. The van der Waals surface area contributed by atoms with Crippen LogP contribution in [0.1, 0.15) is 45.2 Å². The standard InChI is InChI=1S/C22H25BrN4O2/c1-6-27-20(12(2)10-25-27)16-8-7-9-17(13(16)3)21(28)24-11-18-14(4)19(23)15(5)26-22(18)29/h7-10H,6,11H2,1-5H3,(H,24,28)(H,26,29). The van der Waals surface area contributed by atoms with Crippen LogP contribution in [0.3, 0.4) is 0 Å². The molecule has 0 aliphatic heterocycles. The molecule has 0 fully saturated rings. The van der Waals surface area contributed by atoms with Crippen molar-refractivity contribution in [3.8, 4) is 11.3 Å². The molecule has 152 valence electrons. The molecular weight excluding hydrogens is 432 g/mol. The predicted octanol–water partition coefficient (Wildman–Crippen LogP) is 4.18. The third-order valence-corrected chi connectivity index (χ3v) is 6.46. The number of amides is 1. The van der Waals surface area contributed by atoms with Gasteiger partial charge in [0.25, 0.3) is 11.5 Å². The van der Waals surface area contributed by atoms with Crippen LogP contribution < -0.4 is 10.9 Å². The largest absolute Gasteiger partial charge is 0.348 e. The summed E-state index contributed by atoms with van der Waals surface area (Å²) in [7, 11) is 0. The van der Waals surface area contributed by atoms with Crippen LogP contribution in [0.4, 0.5) is 0 Å². The first-order chi connectivity index (χ1) is 13.8. The summed E-state index contributed by atoms with van der Waals surface area (Å²) in [6.45, 7) is 10.6. The van der Waals surface area contributed by atoms with Gasteiger partial charge in [-0.2, -0.15) is 5.10 Å². The van der Waals surface area contributed by atoms with Crippen molar-refractivity contribution in [1.82, 2.24) is 20.1 Å². The molecule has 0 saturated heterocycles. The number of benzene rings is 1. The zero-order valence-electron chi connectivity index (χ0n) is 17.3. The predicted molar refractivity (Wildman–Crippen MR) is 118 cm³/mol. The second-order valence-corrected chi connectivity index (χ2v) is 7.94. The second kappa shape index (κ2) is 8.37. The van der Waals surface area contributed by atoms with Crippen molar-refractivity contribution in [3.05, 3.63) is 72.7 Å². The summed E-state index contributed by atoms with van der Waals surface area (Å²) in [5.74, 6) is -0.208. The molecule has 0 spiro atoms. The minimum absolute atomic E-state index is 0.161. The number of aromatic nitrogens is 3. The Balaban J connectivity index is 1.91. The minimum atomic E-state index is -0.208. The van der Waals surface area contributed by atoms with Gasteiger partial charge in [-0.05, 0) is 73.3 Å². The van der Waals surface area contributed by atoms with Gasteiger partial charge in [-0.25, -0.2) is 0 Å². The normalized spacial score (nSPS) is 11.0. The van der Waals surface area contributed by atoms with Gasteiger partial charge in [-0.1, -0.05) is 12.1 Å². The molecule has 2 aromatic heterocycles. The Kier molecular flexibility index (Phi) is 6.07. The van der Waals surface area contributed by atoms with E-state index >= 15 is 0 Å². The van der Waals surface area contributed by atoms with Crippen molar-refractivity contribution in [2.75, 3.05) is 0 Å². The molecule has 29 heavy (non-hydrogen) atoms. The van der Waals surface area contributed by atoms with Crippen LogP contribution in [0.15, 0.2) is 33.7 Å². The second-order valence-electron chi connectivity index (χ2n) is 7.15. The monoisotopic (exact) mass is 456 g/mol. The van der Waals surface area contributed by atoms with Crippen molar-refractivity contribution in [2.45, 2.75) is 47.7 Å². The zero-order valence-corrected chi connectivity index (χ0v) is 18.9. The Morgan fingerprint density at radius 2 is 1.93 bits per heavy atom. The smallest absolute Gasteiger partial charge is 0.253 e. The molecule has 0 unspecified atom stereocenters. The Bertz CT molecular complexity index is 1140. The Morgan fingerprint density at radius 3 is 2.62 bits per heavy atom. The molecule has 2 heterocycles. The molecule has 3 aromatic rings. The lowest BCUT2D eigenvalue weighted by atomic mass is 9.97. The summed E-state index contributed by atoms with van der Waals surface area (Å²) in [6, 6.07) is 5.69. The number of carbonyl (C=O) groups excluding carboxylic acids is 1. The Labute approximate surface area is 178 Å². The highest BCUT2D eigenvalue weighted by Crippen LogP contribution is 2.28. The molecule has 3 rings (SSSR count). The molecule has 1 amide bonds. The fraction of sp³-hybridized carbons (Fsp3) is 0.318. The zero-order chi connectivity index (χ0) is 21.3. The van der Waals surface area contributed by atoms with Gasteiger partial charge >= 0.3 is 0 Å². The number of hydrogen-bond acceptors (Lipinski definition) is 3. The van der Waals surface area contributed by atoms with Crippen molar-refractivity contribution in [1.29, 1.82) is 0 Å². The number of hydrogen-bond donors (Lipinski definition) is 2. The lowest BCUT2D eigenvalue weighted by molar-refractivity contribution is 0.0950. The molecule has 1 aromatic carbocycles. The fourth-order valence-electron chi connectivity index (χ4n) is 3.57. The lowest BCUT2D eigenvalue weighted by Gasteiger charge is -2.14. The first-order valence-corrected chi connectivity index (χ1v) is 10.3.